The van der Waals surface area contributed by atoms with Gasteiger partial charge in [-0.1, -0.05) is 37.6 Å². The minimum Gasteiger partial charge on any atom is -0.493 e. The van der Waals surface area contributed by atoms with Gasteiger partial charge in [-0.3, -0.25) is 9.38 Å². The van der Waals surface area contributed by atoms with E-state index in [0.29, 0.717) is 22.2 Å². The average Bonchev–Trinajstić information content (AvgIpc) is 2.87. The summed E-state index contributed by atoms with van der Waals surface area (Å²) in [4.78, 5) is 17.2. The van der Waals surface area contributed by atoms with Crippen molar-refractivity contribution in [1.29, 1.82) is 0 Å². The second-order valence-corrected chi connectivity index (χ2v) is 5.83. The molecule has 4 aromatic rings. The summed E-state index contributed by atoms with van der Waals surface area (Å²) in [6.07, 6.45) is 3.59. The van der Waals surface area contributed by atoms with Crippen LogP contribution in [-0.2, 0) is 6.42 Å². The molecule has 0 fully saturated rings. The van der Waals surface area contributed by atoms with Gasteiger partial charge >= 0.3 is 5.69 Å². The highest BCUT2D eigenvalue weighted by atomic mass is 16.3. The van der Waals surface area contributed by atoms with Gasteiger partial charge in [0, 0.05) is 0 Å². The van der Waals surface area contributed by atoms with Crippen LogP contribution in [0.3, 0.4) is 0 Å². The Morgan fingerprint density at radius 1 is 1.04 bits per heavy atom. The van der Waals surface area contributed by atoms with Gasteiger partial charge in [-0.15, -0.1) is 0 Å². The quantitative estimate of drug-likeness (QED) is 0.630. The molecule has 0 aliphatic carbocycles. The van der Waals surface area contributed by atoms with Crippen LogP contribution in [0.5, 0.6) is 5.88 Å². The van der Waals surface area contributed by atoms with Crippen LogP contribution in [0.1, 0.15) is 18.9 Å². The lowest BCUT2D eigenvalue weighted by atomic mass is 10.1. The molecule has 0 aliphatic heterocycles. The number of hydrogen-bond acceptors (Lipinski definition) is 3. The second-order valence-electron chi connectivity index (χ2n) is 5.83. The fraction of sp³-hybridized carbons (Fsp3) is 0.158. The van der Waals surface area contributed by atoms with Gasteiger partial charge in [0.25, 0.3) is 0 Å². The maximum Gasteiger partial charge on any atom is 0.340 e. The van der Waals surface area contributed by atoms with E-state index in [1.54, 1.807) is 0 Å². The normalized spacial score (nSPS) is 11.4. The molecule has 2 heterocycles. The van der Waals surface area contributed by atoms with Crippen LogP contribution in [0.25, 0.3) is 22.2 Å². The lowest BCUT2D eigenvalue weighted by molar-refractivity contribution is 0.446. The van der Waals surface area contributed by atoms with Crippen molar-refractivity contribution in [2.24, 2.45) is 0 Å². The minimum atomic E-state index is -0.302. The summed E-state index contributed by atoms with van der Waals surface area (Å²) in [6.45, 7) is 2.13. The highest BCUT2D eigenvalue weighted by Gasteiger charge is 2.17. The minimum absolute atomic E-state index is 0.0958. The van der Waals surface area contributed by atoms with Gasteiger partial charge in [0.05, 0.1) is 22.9 Å². The molecule has 0 amide bonds. The number of aromatic hydroxyl groups is 1. The Bertz CT molecular complexity index is 1090. The van der Waals surface area contributed by atoms with E-state index in [0.717, 1.165) is 12.8 Å². The van der Waals surface area contributed by atoms with Crippen LogP contribution in [-0.4, -0.2) is 19.1 Å². The van der Waals surface area contributed by atoms with Gasteiger partial charge in [-0.25, -0.2) is 9.36 Å². The largest absolute Gasteiger partial charge is 0.493 e. The zero-order valence-electron chi connectivity index (χ0n) is 13.3. The third-order valence-electron chi connectivity index (χ3n) is 4.25. The number of aromatic nitrogens is 3. The highest BCUT2D eigenvalue weighted by molar-refractivity contribution is 5.79. The number of rotatable bonds is 3. The van der Waals surface area contributed by atoms with Gasteiger partial charge < -0.3 is 5.11 Å². The topological polar surface area (TPSA) is 59.5 Å². The van der Waals surface area contributed by atoms with Crippen LogP contribution in [0.2, 0.25) is 0 Å². The first kappa shape index (κ1) is 14.5. The van der Waals surface area contributed by atoms with E-state index >= 15 is 0 Å². The van der Waals surface area contributed by atoms with E-state index in [1.807, 2.05) is 48.5 Å². The van der Waals surface area contributed by atoms with Crippen molar-refractivity contribution in [3.63, 3.8) is 0 Å². The highest BCUT2D eigenvalue weighted by Crippen LogP contribution is 2.24. The summed E-state index contributed by atoms with van der Waals surface area (Å²) in [6, 6.07) is 15.1. The maximum atomic E-state index is 12.9. The molecule has 0 unspecified atom stereocenters. The van der Waals surface area contributed by atoms with Gasteiger partial charge in [0.2, 0.25) is 5.88 Å². The third-order valence-corrected chi connectivity index (χ3v) is 4.25. The Labute approximate surface area is 138 Å². The lowest BCUT2D eigenvalue weighted by Crippen LogP contribution is -2.19. The predicted molar refractivity (Wildman–Crippen MR) is 94.0 cm³/mol. The van der Waals surface area contributed by atoms with Crippen LogP contribution >= 0.6 is 0 Å². The van der Waals surface area contributed by atoms with E-state index in [4.69, 9.17) is 0 Å². The molecule has 1 N–H and O–H groups in total. The molecule has 5 nitrogen and oxygen atoms in total. The van der Waals surface area contributed by atoms with Crippen LogP contribution in [0, 0.1) is 0 Å². The van der Waals surface area contributed by atoms with E-state index in [-0.39, 0.29) is 11.6 Å². The molecule has 24 heavy (non-hydrogen) atoms. The number of fused-ring (bicyclic) bond motifs is 3. The van der Waals surface area contributed by atoms with Crippen LogP contribution < -0.4 is 5.69 Å². The molecule has 5 heteroatoms. The molecule has 4 rings (SSSR count). The molecule has 2 aromatic heterocycles. The van der Waals surface area contributed by atoms with Crippen molar-refractivity contribution in [2.45, 2.75) is 19.8 Å². The molecule has 0 radical (unpaired) electrons. The maximum absolute atomic E-state index is 12.9. The number of imidazole rings is 1. The first-order valence-electron chi connectivity index (χ1n) is 8.00. The smallest absolute Gasteiger partial charge is 0.340 e. The summed E-state index contributed by atoms with van der Waals surface area (Å²) >= 11 is 0. The number of para-hydroxylation sites is 2. The Morgan fingerprint density at radius 2 is 1.79 bits per heavy atom. The standard InChI is InChI=1S/C19H17N3O2/c1-2-5-13-8-10-14(11-9-13)21-18(23)17-12-20-15-6-3-4-7-16(15)22(17)19(21)24/h3-4,6-12,23H,2,5H2,1H3. The first-order valence-corrected chi connectivity index (χ1v) is 8.00. The Balaban J connectivity index is 1.99. The Morgan fingerprint density at radius 3 is 2.54 bits per heavy atom. The van der Waals surface area contributed by atoms with Crippen molar-refractivity contribution in [1.82, 2.24) is 14.0 Å². The molecule has 0 aliphatic rings. The zero-order valence-corrected chi connectivity index (χ0v) is 13.3. The fourth-order valence-electron chi connectivity index (χ4n) is 3.08. The van der Waals surface area contributed by atoms with Crippen molar-refractivity contribution in [2.75, 3.05) is 0 Å². The molecule has 0 saturated heterocycles. The molecule has 2 aromatic carbocycles. The van der Waals surface area contributed by atoms with Crippen molar-refractivity contribution < 1.29 is 5.11 Å². The van der Waals surface area contributed by atoms with Crippen LogP contribution in [0.4, 0.5) is 0 Å². The predicted octanol–water partition coefficient (Wildman–Crippen LogP) is 3.30. The van der Waals surface area contributed by atoms with E-state index in [2.05, 4.69) is 11.9 Å². The van der Waals surface area contributed by atoms with Gasteiger partial charge in [-0.2, -0.15) is 0 Å². The van der Waals surface area contributed by atoms with E-state index < -0.39 is 0 Å². The Kier molecular flexibility index (Phi) is 3.34. The summed E-state index contributed by atoms with van der Waals surface area (Å²) in [5, 5.41) is 10.6. The molecular formula is C19H17N3O2. The van der Waals surface area contributed by atoms with Crippen molar-refractivity contribution in [3.05, 3.63) is 70.8 Å². The number of hydrogen-bond donors (Lipinski definition) is 1. The van der Waals surface area contributed by atoms with Gasteiger partial charge in [0.15, 0.2) is 0 Å². The summed E-state index contributed by atoms with van der Waals surface area (Å²) < 4.78 is 2.82. The summed E-state index contributed by atoms with van der Waals surface area (Å²) in [5.74, 6) is -0.0958. The fourth-order valence-corrected chi connectivity index (χ4v) is 3.08. The van der Waals surface area contributed by atoms with Crippen molar-refractivity contribution in [3.8, 4) is 11.6 Å². The SMILES string of the molecule is CCCc1ccc(-n2c(O)c3cnc4ccccc4n3c2=O)cc1. The molecule has 0 atom stereocenters. The number of aryl methyl sites for hydroxylation is 1. The molecule has 120 valence electrons. The molecule has 0 spiro atoms. The Hall–Kier alpha value is -3.08. The molecule has 0 saturated carbocycles. The number of benzene rings is 2. The molecule has 0 bridgehead atoms. The zero-order chi connectivity index (χ0) is 16.7. The van der Waals surface area contributed by atoms with Gasteiger partial charge in [-0.05, 0) is 36.2 Å². The first-order chi connectivity index (χ1) is 11.7. The molecular weight excluding hydrogens is 302 g/mol. The summed E-state index contributed by atoms with van der Waals surface area (Å²) in [7, 11) is 0. The lowest BCUT2D eigenvalue weighted by Gasteiger charge is -2.04. The van der Waals surface area contributed by atoms with Crippen LogP contribution in [0.15, 0.2) is 59.5 Å². The van der Waals surface area contributed by atoms with Crippen molar-refractivity contribution >= 4 is 16.6 Å². The average molecular weight is 319 g/mol. The number of nitrogens with zero attached hydrogens (tertiary/aromatic N) is 3. The van der Waals surface area contributed by atoms with E-state index in [9.17, 15) is 9.90 Å². The second kappa shape index (κ2) is 5.53. The van der Waals surface area contributed by atoms with E-state index in [1.165, 1.54) is 20.7 Å². The third kappa shape index (κ3) is 2.09. The summed E-state index contributed by atoms with van der Waals surface area (Å²) in [5.41, 5.74) is 3.34. The van der Waals surface area contributed by atoms with Gasteiger partial charge in [0.1, 0.15) is 5.52 Å². The monoisotopic (exact) mass is 319 g/mol.